The fourth-order valence-electron chi connectivity index (χ4n) is 2.38. The van der Waals surface area contributed by atoms with E-state index in [1.807, 2.05) is 6.92 Å². The van der Waals surface area contributed by atoms with Crippen molar-refractivity contribution in [2.75, 3.05) is 13.1 Å². The Morgan fingerprint density at radius 3 is 2.90 bits per heavy atom. The van der Waals surface area contributed by atoms with Gasteiger partial charge >= 0.3 is 0 Å². The van der Waals surface area contributed by atoms with Gasteiger partial charge < -0.3 is 10.6 Å². The van der Waals surface area contributed by atoms with Crippen molar-refractivity contribution in [2.45, 2.75) is 25.8 Å². The molecule has 6 heteroatoms. The van der Waals surface area contributed by atoms with Gasteiger partial charge in [-0.3, -0.25) is 4.79 Å². The van der Waals surface area contributed by atoms with E-state index in [2.05, 4.69) is 26.6 Å². The largest absolute Gasteiger partial charge is 0.349 e. The fraction of sp³-hybridized carbons (Fsp3) is 0.500. The van der Waals surface area contributed by atoms with Crippen molar-refractivity contribution in [1.29, 1.82) is 0 Å². The van der Waals surface area contributed by atoms with E-state index in [1.54, 1.807) is 0 Å². The first-order chi connectivity index (χ1) is 9.08. The summed E-state index contributed by atoms with van der Waals surface area (Å²) in [6.07, 6.45) is 2.27. The summed E-state index contributed by atoms with van der Waals surface area (Å²) >= 11 is 3.22. The minimum absolute atomic E-state index is 0. The number of carbonyl (C=O) groups is 1. The Hall–Kier alpha value is -0.650. The quantitative estimate of drug-likeness (QED) is 0.864. The zero-order valence-electron chi connectivity index (χ0n) is 11.3. The molecule has 1 aromatic carbocycles. The summed E-state index contributed by atoms with van der Waals surface area (Å²) < 4.78 is 13.5. The summed E-state index contributed by atoms with van der Waals surface area (Å²) in [4.78, 5) is 12.1. The second-order valence-corrected chi connectivity index (χ2v) is 5.85. The molecule has 0 spiro atoms. The fourth-order valence-corrected chi connectivity index (χ4v) is 2.91. The zero-order valence-corrected chi connectivity index (χ0v) is 13.7. The van der Waals surface area contributed by atoms with Crippen molar-refractivity contribution in [3.8, 4) is 0 Å². The molecule has 2 atom stereocenters. The number of benzene rings is 1. The Balaban J connectivity index is 0.00000200. The normalized spacial score (nSPS) is 19.9. The van der Waals surface area contributed by atoms with Crippen LogP contribution in [0.5, 0.6) is 0 Å². The molecule has 0 aromatic heterocycles. The second-order valence-electron chi connectivity index (χ2n) is 4.99. The molecule has 0 bridgehead atoms. The highest BCUT2D eigenvalue weighted by Gasteiger charge is 2.22. The van der Waals surface area contributed by atoms with E-state index in [1.165, 1.54) is 18.2 Å². The highest BCUT2D eigenvalue weighted by Crippen LogP contribution is 2.19. The Bertz CT molecular complexity index is 466. The van der Waals surface area contributed by atoms with Crippen LogP contribution in [0.3, 0.4) is 0 Å². The molecule has 1 aliphatic rings. The lowest BCUT2D eigenvalue weighted by molar-refractivity contribution is 0.0921. The first kappa shape index (κ1) is 17.4. The second kappa shape index (κ2) is 7.96. The minimum atomic E-state index is -0.354. The van der Waals surface area contributed by atoms with E-state index in [4.69, 9.17) is 0 Å². The van der Waals surface area contributed by atoms with Gasteiger partial charge in [0.05, 0.1) is 5.56 Å². The van der Waals surface area contributed by atoms with Gasteiger partial charge in [-0.2, -0.15) is 0 Å². The van der Waals surface area contributed by atoms with E-state index in [9.17, 15) is 9.18 Å². The molecule has 1 aromatic rings. The molecule has 0 aliphatic carbocycles. The number of amides is 1. The van der Waals surface area contributed by atoms with Crippen LogP contribution in [-0.2, 0) is 0 Å². The first-order valence-corrected chi connectivity index (χ1v) is 7.34. The molecule has 1 saturated heterocycles. The van der Waals surface area contributed by atoms with Gasteiger partial charge in [0.1, 0.15) is 5.82 Å². The maximum absolute atomic E-state index is 13.0. The van der Waals surface area contributed by atoms with Crippen molar-refractivity contribution in [3.63, 3.8) is 0 Å². The molecule has 112 valence electrons. The summed E-state index contributed by atoms with van der Waals surface area (Å²) in [7, 11) is 0. The van der Waals surface area contributed by atoms with Gasteiger partial charge in [-0.15, -0.1) is 12.4 Å². The lowest BCUT2D eigenvalue weighted by atomic mass is 9.92. The van der Waals surface area contributed by atoms with Crippen molar-refractivity contribution < 1.29 is 9.18 Å². The van der Waals surface area contributed by atoms with Crippen LogP contribution in [0.15, 0.2) is 22.7 Å². The van der Waals surface area contributed by atoms with E-state index in [0.29, 0.717) is 16.0 Å². The van der Waals surface area contributed by atoms with Gasteiger partial charge in [0, 0.05) is 10.5 Å². The van der Waals surface area contributed by atoms with Crippen LogP contribution in [0.4, 0.5) is 4.39 Å². The average Bonchev–Trinajstić information content (AvgIpc) is 2.39. The van der Waals surface area contributed by atoms with Gasteiger partial charge in [-0.25, -0.2) is 4.39 Å². The first-order valence-electron chi connectivity index (χ1n) is 6.54. The van der Waals surface area contributed by atoms with Crippen LogP contribution in [0, 0.1) is 11.7 Å². The highest BCUT2D eigenvalue weighted by atomic mass is 79.9. The third-order valence-corrected chi connectivity index (χ3v) is 4.23. The molecule has 2 unspecified atom stereocenters. The SMILES string of the molecule is CC(NC(=O)c1ccc(F)cc1Br)C1CCCNC1.Cl. The molecule has 1 amide bonds. The van der Waals surface area contributed by atoms with Crippen LogP contribution < -0.4 is 10.6 Å². The maximum Gasteiger partial charge on any atom is 0.252 e. The molecule has 1 heterocycles. The molecular formula is C14H19BrClFN2O. The van der Waals surface area contributed by atoms with Crippen molar-refractivity contribution in [1.82, 2.24) is 10.6 Å². The highest BCUT2D eigenvalue weighted by molar-refractivity contribution is 9.10. The number of nitrogens with one attached hydrogen (secondary N) is 2. The summed E-state index contributed by atoms with van der Waals surface area (Å²) in [6, 6.07) is 4.21. The van der Waals surface area contributed by atoms with Crippen LogP contribution in [0.25, 0.3) is 0 Å². The van der Waals surface area contributed by atoms with Gasteiger partial charge in [0.25, 0.3) is 5.91 Å². The molecule has 0 saturated carbocycles. The Morgan fingerprint density at radius 2 is 2.30 bits per heavy atom. The van der Waals surface area contributed by atoms with Crippen LogP contribution in [0.2, 0.25) is 0 Å². The van der Waals surface area contributed by atoms with Gasteiger partial charge in [0.2, 0.25) is 0 Å². The molecule has 2 N–H and O–H groups in total. The van der Waals surface area contributed by atoms with Crippen LogP contribution >= 0.6 is 28.3 Å². The summed E-state index contributed by atoms with van der Waals surface area (Å²) in [6.45, 7) is 4.01. The summed E-state index contributed by atoms with van der Waals surface area (Å²) in [5.41, 5.74) is 0.469. The van der Waals surface area contributed by atoms with Crippen molar-refractivity contribution >= 4 is 34.2 Å². The number of halogens is 3. The van der Waals surface area contributed by atoms with E-state index < -0.39 is 0 Å². The standard InChI is InChI=1S/C14H18BrFN2O.ClH/c1-9(10-3-2-6-17-8-10)18-14(19)12-5-4-11(16)7-13(12)15;/h4-5,7,9-10,17H,2-3,6,8H2,1H3,(H,18,19);1H. The Kier molecular flexibility index (Phi) is 6.92. The maximum atomic E-state index is 13.0. The van der Waals surface area contributed by atoms with Crippen LogP contribution in [-0.4, -0.2) is 25.0 Å². The topological polar surface area (TPSA) is 41.1 Å². The molecule has 2 rings (SSSR count). The molecule has 3 nitrogen and oxygen atoms in total. The molecule has 0 radical (unpaired) electrons. The number of rotatable bonds is 3. The minimum Gasteiger partial charge on any atom is -0.349 e. The van der Waals surface area contributed by atoms with E-state index in [-0.39, 0.29) is 30.2 Å². The number of hydrogen-bond donors (Lipinski definition) is 2. The smallest absolute Gasteiger partial charge is 0.252 e. The monoisotopic (exact) mass is 364 g/mol. The summed E-state index contributed by atoms with van der Waals surface area (Å²) in [5, 5.41) is 6.33. The molecule has 20 heavy (non-hydrogen) atoms. The molecule has 1 aliphatic heterocycles. The third-order valence-electron chi connectivity index (χ3n) is 3.58. The number of piperidine rings is 1. The zero-order chi connectivity index (χ0) is 13.8. The van der Waals surface area contributed by atoms with Gasteiger partial charge in [0.15, 0.2) is 0 Å². The third kappa shape index (κ3) is 4.43. The molecular weight excluding hydrogens is 347 g/mol. The number of carbonyl (C=O) groups excluding carboxylic acids is 1. The lowest BCUT2D eigenvalue weighted by Crippen LogP contribution is -2.44. The average molecular weight is 366 g/mol. The predicted octanol–water partition coefficient (Wildman–Crippen LogP) is 3.13. The Labute approximate surface area is 133 Å². The van der Waals surface area contributed by atoms with Gasteiger partial charge in [-0.05, 0) is 72.9 Å². The van der Waals surface area contributed by atoms with Gasteiger partial charge in [-0.1, -0.05) is 0 Å². The van der Waals surface area contributed by atoms with Crippen molar-refractivity contribution in [2.24, 2.45) is 5.92 Å². The number of hydrogen-bond acceptors (Lipinski definition) is 2. The van der Waals surface area contributed by atoms with E-state index in [0.717, 1.165) is 25.9 Å². The van der Waals surface area contributed by atoms with E-state index >= 15 is 0 Å². The summed E-state index contributed by atoms with van der Waals surface area (Å²) in [5.74, 6) is -0.0603. The lowest BCUT2D eigenvalue weighted by Gasteiger charge is -2.29. The Morgan fingerprint density at radius 1 is 1.55 bits per heavy atom. The van der Waals surface area contributed by atoms with Crippen LogP contribution in [0.1, 0.15) is 30.1 Å². The predicted molar refractivity (Wildman–Crippen MR) is 83.9 cm³/mol. The van der Waals surface area contributed by atoms with Crippen molar-refractivity contribution in [3.05, 3.63) is 34.1 Å². The molecule has 1 fully saturated rings.